The lowest BCUT2D eigenvalue weighted by atomic mass is 9.92. The molecule has 0 fully saturated rings. The van der Waals surface area contributed by atoms with Crippen LogP contribution in [0.2, 0.25) is 0 Å². The number of amides is 2. The summed E-state index contributed by atoms with van der Waals surface area (Å²) < 4.78 is 10.6. The highest BCUT2D eigenvalue weighted by Crippen LogP contribution is 2.32. The zero-order valence-corrected chi connectivity index (χ0v) is 20.3. The van der Waals surface area contributed by atoms with Crippen LogP contribution in [0.3, 0.4) is 0 Å². The minimum Gasteiger partial charge on any atom is -0.454 e. The van der Waals surface area contributed by atoms with Crippen molar-refractivity contribution in [1.29, 1.82) is 5.26 Å². The summed E-state index contributed by atoms with van der Waals surface area (Å²) in [5, 5.41) is 11.9. The van der Waals surface area contributed by atoms with Gasteiger partial charge in [0.15, 0.2) is 11.5 Å². The Kier molecular flexibility index (Phi) is 7.23. The lowest BCUT2D eigenvalue weighted by Crippen LogP contribution is -2.41. The van der Waals surface area contributed by atoms with Crippen LogP contribution in [0.1, 0.15) is 45.7 Å². The Hall–Kier alpha value is -4.35. The molecule has 0 unspecified atom stereocenters. The summed E-state index contributed by atoms with van der Waals surface area (Å²) in [7, 11) is 0. The highest BCUT2D eigenvalue weighted by Gasteiger charge is 2.25. The van der Waals surface area contributed by atoms with Crippen molar-refractivity contribution in [1.82, 2.24) is 4.90 Å². The maximum absolute atomic E-state index is 13.3. The molecule has 0 spiro atoms. The van der Waals surface area contributed by atoms with Crippen LogP contribution in [0.4, 0.5) is 5.69 Å². The number of nitrogens with one attached hydrogen (secondary N) is 1. The molecule has 1 aliphatic heterocycles. The van der Waals surface area contributed by atoms with Crippen molar-refractivity contribution in [3.05, 3.63) is 89.0 Å². The zero-order chi connectivity index (χ0) is 25.7. The summed E-state index contributed by atoms with van der Waals surface area (Å²) in [5.41, 5.74) is 8.68. The Morgan fingerprint density at radius 2 is 1.67 bits per heavy atom. The highest BCUT2D eigenvalue weighted by molar-refractivity contribution is 6.04. The lowest BCUT2D eigenvalue weighted by Gasteiger charge is -2.32. The van der Waals surface area contributed by atoms with Gasteiger partial charge in [-0.15, -0.1) is 0 Å². The molecule has 0 saturated heterocycles. The Morgan fingerprint density at radius 3 is 2.33 bits per heavy atom. The van der Waals surface area contributed by atoms with Gasteiger partial charge in [0.2, 0.25) is 6.79 Å². The SMILES string of the molecule is CC(C)(CN)CN(Cc1ccc(NC(=O)c2ccc3c(c2)OCO3)cc1)C(=O)c1ccc(C#N)cc1. The number of benzene rings is 3. The molecular formula is C28H28N4O4. The smallest absolute Gasteiger partial charge is 0.255 e. The Morgan fingerprint density at radius 1 is 1.00 bits per heavy atom. The molecule has 0 radical (unpaired) electrons. The van der Waals surface area contributed by atoms with E-state index >= 15 is 0 Å². The molecular weight excluding hydrogens is 456 g/mol. The topological polar surface area (TPSA) is 118 Å². The zero-order valence-electron chi connectivity index (χ0n) is 20.3. The van der Waals surface area contributed by atoms with E-state index in [4.69, 9.17) is 20.5 Å². The number of anilines is 1. The van der Waals surface area contributed by atoms with E-state index in [1.165, 1.54) is 0 Å². The van der Waals surface area contributed by atoms with Gasteiger partial charge >= 0.3 is 0 Å². The van der Waals surface area contributed by atoms with Gasteiger partial charge in [-0.05, 0) is 72.1 Å². The second kappa shape index (κ2) is 10.5. The molecule has 3 N–H and O–H groups in total. The van der Waals surface area contributed by atoms with Gasteiger partial charge in [0, 0.05) is 29.9 Å². The number of fused-ring (bicyclic) bond motifs is 1. The Balaban J connectivity index is 1.46. The largest absolute Gasteiger partial charge is 0.454 e. The van der Waals surface area contributed by atoms with Crippen LogP contribution in [0.5, 0.6) is 11.5 Å². The van der Waals surface area contributed by atoms with Crippen LogP contribution in [0.25, 0.3) is 0 Å². The summed E-state index contributed by atoms with van der Waals surface area (Å²) in [6.45, 7) is 5.44. The first-order chi connectivity index (χ1) is 17.3. The van der Waals surface area contributed by atoms with Gasteiger partial charge in [-0.2, -0.15) is 5.26 Å². The maximum atomic E-state index is 13.3. The van der Waals surface area contributed by atoms with Crippen LogP contribution >= 0.6 is 0 Å². The van der Waals surface area contributed by atoms with Crippen molar-refractivity contribution in [3.63, 3.8) is 0 Å². The van der Waals surface area contributed by atoms with Gasteiger partial charge in [0.05, 0.1) is 11.6 Å². The minimum absolute atomic E-state index is 0.138. The highest BCUT2D eigenvalue weighted by atomic mass is 16.7. The molecule has 1 aliphatic rings. The van der Waals surface area contributed by atoms with Crippen molar-refractivity contribution in [2.24, 2.45) is 11.1 Å². The van der Waals surface area contributed by atoms with Crippen LogP contribution in [-0.4, -0.2) is 36.6 Å². The van der Waals surface area contributed by atoms with Crippen LogP contribution < -0.4 is 20.5 Å². The van der Waals surface area contributed by atoms with E-state index in [2.05, 4.69) is 11.4 Å². The first kappa shape index (κ1) is 24.8. The number of ether oxygens (including phenoxy) is 2. The van der Waals surface area contributed by atoms with Gasteiger partial charge in [0.1, 0.15) is 0 Å². The van der Waals surface area contributed by atoms with Crippen molar-refractivity contribution >= 4 is 17.5 Å². The number of rotatable bonds is 8. The van der Waals surface area contributed by atoms with E-state index in [9.17, 15) is 9.59 Å². The van der Waals surface area contributed by atoms with E-state index in [1.807, 2.05) is 26.0 Å². The molecule has 0 atom stereocenters. The van der Waals surface area contributed by atoms with Gasteiger partial charge < -0.3 is 25.4 Å². The van der Waals surface area contributed by atoms with E-state index in [-0.39, 0.29) is 24.0 Å². The third kappa shape index (κ3) is 5.82. The third-order valence-electron chi connectivity index (χ3n) is 5.94. The van der Waals surface area contributed by atoms with E-state index < -0.39 is 0 Å². The molecule has 0 bridgehead atoms. The average molecular weight is 485 g/mol. The Bertz CT molecular complexity index is 1290. The fraction of sp³-hybridized carbons (Fsp3) is 0.250. The van der Waals surface area contributed by atoms with Crippen molar-refractivity contribution in [3.8, 4) is 17.6 Å². The normalized spacial score (nSPS) is 12.1. The number of carbonyl (C=O) groups is 2. The summed E-state index contributed by atoms with van der Waals surface area (Å²) in [5.74, 6) is 0.767. The number of nitrogens with two attached hydrogens (primary N) is 1. The fourth-order valence-electron chi connectivity index (χ4n) is 3.81. The average Bonchev–Trinajstić information content (AvgIpc) is 3.37. The summed E-state index contributed by atoms with van der Waals surface area (Å²) >= 11 is 0. The van der Waals surface area contributed by atoms with Crippen LogP contribution in [0.15, 0.2) is 66.7 Å². The van der Waals surface area contributed by atoms with Crippen LogP contribution in [-0.2, 0) is 6.54 Å². The number of hydrogen-bond acceptors (Lipinski definition) is 6. The molecule has 0 aliphatic carbocycles. The van der Waals surface area contributed by atoms with E-state index in [1.54, 1.807) is 59.5 Å². The molecule has 4 rings (SSSR count). The van der Waals surface area contributed by atoms with Gasteiger partial charge in [-0.1, -0.05) is 26.0 Å². The predicted octanol–water partition coefficient (Wildman–Crippen LogP) is 4.17. The summed E-state index contributed by atoms with van der Waals surface area (Å²) in [6, 6.07) is 21.1. The minimum atomic E-state index is -0.277. The molecule has 1 heterocycles. The molecule has 184 valence electrons. The number of nitrogens with zero attached hydrogens (tertiary/aromatic N) is 2. The first-order valence-electron chi connectivity index (χ1n) is 11.6. The number of carbonyl (C=O) groups excluding carboxylic acids is 2. The second-order valence-corrected chi connectivity index (χ2v) is 9.44. The van der Waals surface area contributed by atoms with Crippen molar-refractivity contribution in [2.75, 3.05) is 25.2 Å². The van der Waals surface area contributed by atoms with Gasteiger partial charge in [0.25, 0.3) is 11.8 Å². The van der Waals surface area contributed by atoms with Crippen molar-refractivity contribution in [2.45, 2.75) is 20.4 Å². The molecule has 0 aromatic heterocycles. The summed E-state index contributed by atoms with van der Waals surface area (Å²) in [4.78, 5) is 27.7. The maximum Gasteiger partial charge on any atom is 0.255 e. The number of hydrogen-bond donors (Lipinski definition) is 2. The van der Waals surface area contributed by atoms with E-state index in [0.717, 1.165) is 5.56 Å². The monoisotopic (exact) mass is 484 g/mol. The molecule has 8 nitrogen and oxygen atoms in total. The molecule has 2 amide bonds. The quantitative estimate of drug-likeness (QED) is 0.496. The standard InChI is InChI=1S/C28H28N4O4/c1-28(2,16-30)17-32(27(34)21-7-3-19(14-29)4-8-21)15-20-5-10-23(11-6-20)31-26(33)22-9-12-24-25(13-22)36-18-35-24/h3-13H,15-18,30H2,1-2H3,(H,31,33). The third-order valence-corrected chi connectivity index (χ3v) is 5.94. The predicted molar refractivity (Wildman–Crippen MR) is 136 cm³/mol. The second-order valence-electron chi connectivity index (χ2n) is 9.44. The van der Waals surface area contributed by atoms with E-state index in [0.29, 0.717) is 53.5 Å². The molecule has 8 heteroatoms. The van der Waals surface area contributed by atoms with Gasteiger partial charge in [-0.3, -0.25) is 9.59 Å². The molecule has 0 saturated carbocycles. The van der Waals surface area contributed by atoms with Crippen molar-refractivity contribution < 1.29 is 19.1 Å². The molecule has 36 heavy (non-hydrogen) atoms. The molecule has 3 aromatic rings. The first-order valence-corrected chi connectivity index (χ1v) is 11.6. The van der Waals surface area contributed by atoms with Gasteiger partial charge in [-0.25, -0.2) is 0 Å². The number of nitriles is 1. The lowest BCUT2D eigenvalue weighted by molar-refractivity contribution is 0.0673. The van der Waals surface area contributed by atoms with Crippen LogP contribution in [0, 0.1) is 16.7 Å². The fourth-order valence-corrected chi connectivity index (χ4v) is 3.81. The summed E-state index contributed by atoms with van der Waals surface area (Å²) in [6.07, 6.45) is 0. The Labute approximate surface area is 210 Å². The molecule has 3 aromatic carbocycles.